The van der Waals surface area contributed by atoms with E-state index in [0.717, 1.165) is 11.8 Å². The van der Waals surface area contributed by atoms with E-state index in [0.29, 0.717) is 33.5 Å². The smallest absolute Gasteiger partial charge is 0.274 e. The molecule has 3 heterocycles. The maximum absolute atomic E-state index is 13.9. The molecule has 37 heavy (non-hydrogen) atoms. The third-order valence-electron chi connectivity index (χ3n) is 5.78. The van der Waals surface area contributed by atoms with Crippen LogP contribution in [0.2, 0.25) is 0 Å². The number of rotatable bonds is 5. The van der Waals surface area contributed by atoms with Crippen molar-refractivity contribution in [1.29, 1.82) is 5.26 Å². The van der Waals surface area contributed by atoms with Gasteiger partial charge in [-0.05, 0) is 37.3 Å². The van der Waals surface area contributed by atoms with Gasteiger partial charge in [-0.2, -0.15) is 5.26 Å². The lowest BCUT2D eigenvalue weighted by atomic mass is 10.0. The van der Waals surface area contributed by atoms with Gasteiger partial charge in [-0.1, -0.05) is 42.5 Å². The molecule has 0 spiro atoms. The number of nitrogens with one attached hydrogen (secondary N) is 1. The molecule has 0 aliphatic heterocycles. The van der Waals surface area contributed by atoms with Crippen LogP contribution in [0.15, 0.2) is 79.0 Å². The van der Waals surface area contributed by atoms with Crippen LogP contribution in [-0.4, -0.2) is 25.8 Å². The molecule has 1 amide bonds. The molecule has 180 valence electrons. The minimum Gasteiger partial charge on any atom is -0.382 e. The summed E-state index contributed by atoms with van der Waals surface area (Å²) in [5.41, 5.74) is 9.82. The summed E-state index contributed by atoms with van der Waals surface area (Å²) in [5.74, 6) is -1.05. The molecule has 9 heteroatoms. The fraction of sp³-hybridized carbons (Fsp3) is 0.0714. The molecule has 5 rings (SSSR count). The van der Waals surface area contributed by atoms with Gasteiger partial charge in [-0.25, -0.2) is 19.3 Å². The molecule has 2 aromatic carbocycles. The van der Waals surface area contributed by atoms with Gasteiger partial charge in [0.2, 0.25) is 0 Å². The standard InChI is InChI=1S/C28H20FN7O/c1-16(22-9-5-8-21(14-30)34-22)33-28(37)26-27(31)36-24(17-6-3-2-4-7-17)25(35-26)18-10-11-23-19(12-18)13-20(29)15-32-23/h2-13,15-16H,1H3,(H2,31,36)(H,33,37)/t16-/m1/s1. The first-order chi connectivity index (χ1) is 17.9. The summed E-state index contributed by atoms with van der Waals surface area (Å²) in [6, 6.07) is 22.5. The van der Waals surface area contributed by atoms with Crippen LogP contribution in [0.4, 0.5) is 10.2 Å². The molecular weight excluding hydrogens is 469 g/mol. The SMILES string of the molecule is C[C@@H](NC(=O)c1nc(-c2ccc3ncc(F)cc3c2)c(-c2ccccc2)nc1N)c1cccc(C#N)n1. The number of nitriles is 1. The number of pyridine rings is 2. The minimum absolute atomic E-state index is 0.0421. The molecule has 0 unspecified atom stereocenters. The van der Waals surface area contributed by atoms with E-state index in [4.69, 9.17) is 11.0 Å². The highest BCUT2D eigenvalue weighted by molar-refractivity contribution is 5.98. The van der Waals surface area contributed by atoms with Gasteiger partial charge < -0.3 is 11.1 Å². The van der Waals surface area contributed by atoms with Gasteiger partial charge in [0.25, 0.3) is 5.91 Å². The van der Waals surface area contributed by atoms with Crippen molar-refractivity contribution in [2.75, 3.05) is 5.73 Å². The number of anilines is 1. The zero-order chi connectivity index (χ0) is 25.9. The molecule has 3 aromatic heterocycles. The third-order valence-corrected chi connectivity index (χ3v) is 5.78. The van der Waals surface area contributed by atoms with Crippen molar-refractivity contribution in [2.45, 2.75) is 13.0 Å². The van der Waals surface area contributed by atoms with Crippen LogP contribution in [0.5, 0.6) is 0 Å². The normalized spacial score (nSPS) is 11.6. The molecule has 3 N–H and O–H groups in total. The Morgan fingerprint density at radius 3 is 2.54 bits per heavy atom. The van der Waals surface area contributed by atoms with E-state index in [2.05, 4.69) is 25.3 Å². The van der Waals surface area contributed by atoms with Crippen molar-refractivity contribution >= 4 is 22.6 Å². The molecule has 8 nitrogen and oxygen atoms in total. The number of hydrogen-bond acceptors (Lipinski definition) is 7. The highest BCUT2D eigenvalue weighted by Gasteiger charge is 2.22. The molecule has 0 radical (unpaired) electrons. The number of carbonyl (C=O) groups is 1. The summed E-state index contributed by atoms with van der Waals surface area (Å²) in [5, 5.41) is 12.5. The Morgan fingerprint density at radius 1 is 0.973 bits per heavy atom. The van der Waals surface area contributed by atoms with E-state index in [-0.39, 0.29) is 17.2 Å². The van der Waals surface area contributed by atoms with E-state index >= 15 is 0 Å². The summed E-state index contributed by atoms with van der Waals surface area (Å²) in [4.78, 5) is 30.8. The average molecular weight is 490 g/mol. The van der Waals surface area contributed by atoms with Crippen LogP contribution in [-0.2, 0) is 0 Å². The Labute approximate surface area is 211 Å². The minimum atomic E-state index is -0.545. The van der Waals surface area contributed by atoms with Crippen molar-refractivity contribution in [2.24, 2.45) is 0 Å². The lowest BCUT2D eigenvalue weighted by molar-refractivity contribution is 0.0935. The van der Waals surface area contributed by atoms with E-state index in [1.54, 1.807) is 43.3 Å². The number of amides is 1. The van der Waals surface area contributed by atoms with Crippen LogP contribution >= 0.6 is 0 Å². The summed E-state index contributed by atoms with van der Waals surface area (Å²) in [6.07, 6.45) is 1.16. The summed E-state index contributed by atoms with van der Waals surface area (Å²) < 4.78 is 13.9. The van der Waals surface area contributed by atoms with Crippen LogP contribution in [0.25, 0.3) is 33.4 Å². The van der Waals surface area contributed by atoms with Crippen molar-refractivity contribution < 1.29 is 9.18 Å². The average Bonchev–Trinajstić information content (AvgIpc) is 2.92. The van der Waals surface area contributed by atoms with Gasteiger partial charge in [0.1, 0.15) is 17.6 Å². The zero-order valence-electron chi connectivity index (χ0n) is 19.7. The van der Waals surface area contributed by atoms with Crippen molar-refractivity contribution in [3.63, 3.8) is 0 Å². The Kier molecular flexibility index (Phi) is 6.22. The molecule has 0 aliphatic carbocycles. The lowest BCUT2D eigenvalue weighted by Crippen LogP contribution is -2.29. The van der Waals surface area contributed by atoms with Gasteiger partial charge in [0.05, 0.1) is 34.8 Å². The third kappa shape index (κ3) is 4.81. The second kappa shape index (κ2) is 9.79. The molecule has 0 fully saturated rings. The first-order valence-electron chi connectivity index (χ1n) is 11.4. The van der Waals surface area contributed by atoms with Crippen molar-refractivity contribution in [1.82, 2.24) is 25.3 Å². The number of hydrogen-bond donors (Lipinski definition) is 2. The summed E-state index contributed by atoms with van der Waals surface area (Å²) >= 11 is 0. The van der Waals surface area contributed by atoms with Gasteiger partial charge in [-0.15, -0.1) is 0 Å². The first kappa shape index (κ1) is 23.5. The van der Waals surface area contributed by atoms with E-state index in [9.17, 15) is 9.18 Å². The molecular formula is C28H20FN7O. The van der Waals surface area contributed by atoms with Gasteiger partial charge >= 0.3 is 0 Å². The quantitative estimate of drug-likeness (QED) is 0.361. The van der Waals surface area contributed by atoms with E-state index in [1.807, 2.05) is 36.4 Å². The van der Waals surface area contributed by atoms with Crippen molar-refractivity contribution in [3.8, 4) is 28.6 Å². The predicted molar refractivity (Wildman–Crippen MR) is 137 cm³/mol. The zero-order valence-corrected chi connectivity index (χ0v) is 19.7. The first-order valence-corrected chi connectivity index (χ1v) is 11.4. The molecule has 0 saturated carbocycles. The predicted octanol–water partition coefficient (Wildman–Crippen LogP) is 4.84. The Hall–Kier alpha value is -5.23. The Morgan fingerprint density at radius 2 is 1.76 bits per heavy atom. The van der Waals surface area contributed by atoms with Gasteiger partial charge in [0, 0.05) is 16.5 Å². The molecule has 5 aromatic rings. The van der Waals surface area contributed by atoms with E-state index in [1.165, 1.54) is 6.07 Å². The van der Waals surface area contributed by atoms with Crippen LogP contribution < -0.4 is 11.1 Å². The maximum atomic E-state index is 13.9. The summed E-state index contributed by atoms with van der Waals surface area (Å²) in [6.45, 7) is 1.75. The molecule has 0 aliphatic rings. The number of nitrogen functional groups attached to an aromatic ring is 1. The summed E-state index contributed by atoms with van der Waals surface area (Å²) in [7, 11) is 0. The maximum Gasteiger partial charge on any atom is 0.274 e. The van der Waals surface area contributed by atoms with Crippen LogP contribution in [0.3, 0.4) is 0 Å². The molecule has 1 atom stereocenters. The monoisotopic (exact) mass is 489 g/mol. The van der Waals surface area contributed by atoms with Gasteiger partial charge in [0.15, 0.2) is 11.5 Å². The molecule has 0 saturated heterocycles. The van der Waals surface area contributed by atoms with E-state index < -0.39 is 17.8 Å². The van der Waals surface area contributed by atoms with Crippen LogP contribution in [0.1, 0.15) is 34.8 Å². The highest BCUT2D eigenvalue weighted by atomic mass is 19.1. The Bertz CT molecular complexity index is 1680. The molecule has 0 bridgehead atoms. The largest absolute Gasteiger partial charge is 0.382 e. The lowest BCUT2D eigenvalue weighted by Gasteiger charge is -2.16. The fourth-order valence-corrected chi connectivity index (χ4v) is 3.96. The second-order valence-electron chi connectivity index (χ2n) is 8.34. The number of aromatic nitrogens is 4. The highest BCUT2D eigenvalue weighted by Crippen LogP contribution is 2.32. The Balaban J connectivity index is 1.59. The number of carbonyl (C=O) groups excluding carboxylic acids is 1. The number of halogens is 1. The van der Waals surface area contributed by atoms with Crippen molar-refractivity contribution in [3.05, 3.63) is 102 Å². The topological polar surface area (TPSA) is 130 Å². The number of nitrogens with zero attached hydrogens (tertiary/aromatic N) is 5. The number of benzene rings is 2. The number of fused-ring (bicyclic) bond motifs is 1. The van der Waals surface area contributed by atoms with Crippen LogP contribution in [0, 0.1) is 17.1 Å². The van der Waals surface area contributed by atoms with Gasteiger partial charge in [-0.3, -0.25) is 9.78 Å². The fourth-order valence-electron chi connectivity index (χ4n) is 3.96. The number of nitrogens with two attached hydrogens (primary N) is 1. The second-order valence-corrected chi connectivity index (χ2v) is 8.34.